The van der Waals surface area contributed by atoms with Gasteiger partial charge in [0, 0.05) is 35.3 Å². The molecule has 0 radical (unpaired) electrons. The van der Waals surface area contributed by atoms with Gasteiger partial charge >= 0.3 is 0 Å². The van der Waals surface area contributed by atoms with E-state index >= 15 is 0 Å². The molecule has 0 saturated heterocycles. The lowest BCUT2D eigenvalue weighted by atomic mass is 10.1. The number of nitrogens with zero attached hydrogens (tertiary/aromatic N) is 2. The van der Waals surface area contributed by atoms with Gasteiger partial charge in [-0.15, -0.1) is 11.3 Å². The smallest absolute Gasteiger partial charge is 0.257 e. The number of thiazole rings is 1. The number of hydrogen-bond donors (Lipinski definition) is 1. The molecule has 0 unspecified atom stereocenters. The molecule has 1 aromatic carbocycles. The Bertz CT molecular complexity index is 1200. The second-order valence-corrected chi connectivity index (χ2v) is 7.54. The molecule has 0 bridgehead atoms. The zero-order chi connectivity index (χ0) is 21.5. The minimum Gasteiger partial charge on any atom is -0.475 e. The summed E-state index contributed by atoms with van der Waals surface area (Å²) in [6, 6.07) is 13.3. The predicted octanol–water partition coefficient (Wildman–Crippen LogP) is 4.15. The highest BCUT2D eigenvalue weighted by Gasteiger charge is 2.12. The van der Waals surface area contributed by atoms with E-state index in [1.807, 2.05) is 54.8 Å². The third kappa shape index (κ3) is 5.35. The predicted molar refractivity (Wildman–Crippen MR) is 122 cm³/mol. The van der Waals surface area contributed by atoms with Crippen LogP contribution >= 0.6 is 11.3 Å². The van der Waals surface area contributed by atoms with Crippen molar-refractivity contribution in [2.24, 2.45) is 0 Å². The van der Waals surface area contributed by atoms with Crippen LogP contribution in [0.4, 0.5) is 0 Å². The molecule has 0 saturated carbocycles. The van der Waals surface area contributed by atoms with Crippen LogP contribution in [0.3, 0.4) is 0 Å². The van der Waals surface area contributed by atoms with Gasteiger partial charge in [-0.05, 0) is 30.5 Å². The highest BCUT2D eigenvalue weighted by Crippen LogP contribution is 2.29. The fraction of sp³-hybridized carbons (Fsp3) is 0.261. The average molecular weight is 438 g/mol. The SMILES string of the molecule is CCOCCOCCOc1cc(-c2nc(-c3cc4ccccc4[nH]c3=O)cs2)ccn1. The monoisotopic (exact) mass is 437 g/mol. The summed E-state index contributed by atoms with van der Waals surface area (Å²) < 4.78 is 16.3. The third-order valence-corrected chi connectivity index (χ3v) is 5.46. The molecule has 0 atom stereocenters. The number of benzene rings is 1. The van der Waals surface area contributed by atoms with Crippen molar-refractivity contribution < 1.29 is 14.2 Å². The van der Waals surface area contributed by atoms with Crippen molar-refractivity contribution in [3.8, 4) is 27.7 Å². The Hall–Kier alpha value is -3.07. The lowest BCUT2D eigenvalue weighted by molar-refractivity contribution is 0.0399. The first kappa shape index (κ1) is 21.2. The highest BCUT2D eigenvalue weighted by molar-refractivity contribution is 7.13. The van der Waals surface area contributed by atoms with Crippen molar-refractivity contribution in [2.45, 2.75) is 6.92 Å². The van der Waals surface area contributed by atoms with Gasteiger partial charge in [0.2, 0.25) is 5.88 Å². The summed E-state index contributed by atoms with van der Waals surface area (Å²) in [6.45, 7) is 4.62. The standard InChI is InChI=1S/C23H23N3O4S/c1-2-28-9-10-29-11-12-30-21-14-17(7-8-24-21)23-26-20(15-31-23)18-13-16-5-3-4-6-19(16)25-22(18)27/h3-8,13-15H,2,9-12H2,1H3,(H,25,27). The third-order valence-electron chi connectivity index (χ3n) is 4.57. The highest BCUT2D eigenvalue weighted by atomic mass is 32.1. The lowest BCUT2D eigenvalue weighted by Crippen LogP contribution is -2.11. The maximum Gasteiger partial charge on any atom is 0.257 e. The molecule has 4 rings (SSSR count). The summed E-state index contributed by atoms with van der Waals surface area (Å²) in [5.74, 6) is 0.506. The number of aromatic amines is 1. The van der Waals surface area contributed by atoms with E-state index in [9.17, 15) is 4.79 Å². The fourth-order valence-electron chi connectivity index (χ4n) is 3.06. The Morgan fingerprint density at radius 3 is 2.77 bits per heavy atom. The van der Waals surface area contributed by atoms with Crippen molar-refractivity contribution in [1.29, 1.82) is 0 Å². The summed E-state index contributed by atoms with van der Waals surface area (Å²) in [4.78, 5) is 24.4. The van der Waals surface area contributed by atoms with Crippen LogP contribution in [0.5, 0.6) is 5.88 Å². The van der Waals surface area contributed by atoms with Crippen molar-refractivity contribution in [2.75, 3.05) is 33.0 Å². The largest absolute Gasteiger partial charge is 0.475 e. The molecule has 0 fully saturated rings. The molecule has 3 aromatic heterocycles. The summed E-state index contributed by atoms with van der Waals surface area (Å²) in [7, 11) is 0. The van der Waals surface area contributed by atoms with E-state index in [0.29, 0.717) is 50.2 Å². The first-order chi connectivity index (χ1) is 15.2. The first-order valence-electron chi connectivity index (χ1n) is 10.1. The van der Waals surface area contributed by atoms with Gasteiger partial charge in [-0.2, -0.15) is 0 Å². The summed E-state index contributed by atoms with van der Waals surface area (Å²) in [6.07, 6.45) is 1.69. The minimum atomic E-state index is -0.154. The minimum absolute atomic E-state index is 0.154. The van der Waals surface area contributed by atoms with Gasteiger partial charge in [-0.1, -0.05) is 18.2 Å². The van der Waals surface area contributed by atoms with Crippen LogP contribution in [-0.2, 0) is 9.47 Å². The molecule has 4 aromatic rings. The van der Waals surface area contributed by atoms with Gasteiger partial charge in [-0.3, -0.25) is 4.79 Å². The van der Waals surface area contributed by atoms with Crippen molar-refractivity contribution >= 4 is 22.2 Å². The van der Waals surface area contributed by atoms with Crippen LogP contribution in [0, 0.1) is 0 Å². The van der Waals surface area contributed by atoms with Crippen molar-refractivity contribution in [3.63, 3.8) is 0 Å². The summed E-state index contributed by atoms with van der Waals surface area (Å²) >= 11 is 1.47. The number of pyridine rings is 2. The Labute approximate surface area is 183 Å². The van der Waals surface area contributed by atoms with Crippen LogP contribution in [-0.4, -0.2) is 48.0 Å². The zero-order valence-corrected chi connectivity index (χ0v) is 18.0. The second kappa shape index (κ2) is 10.3. The number of ether oxygens (including phenoxy) is 3. The second-order valence-electron chi connectivity index (χ2n) is 6.68. The fourth-order valence-corrected chi connectivity index (χ4v) is 3.88. The lowest BCUT2D eigenvalue weighted by Gasteiger charge is -2.07. The van der Waals surface area contributed by atoms with Crippen LogP contribution < -0.4 is 10.3 Å². The Morgan fingerprint density at radius 2 is 1.87 bits per heavy atom. The topological polar surface area (TPSA) is 86.3 Å². The van der Waals surface area contributed by atoms with E-state index in [1.165, 1.54) is 11.3 Å². The molecule has 0 amide bonds. The first-order valence-corrected chi connectivity index (χ1v) is 10.9. The molecule has 0 aliphatic carbocycles. The van der Waals surface area contributed by atoms with Crippen LogP contribution in [0.1, 0.15) is 6.92 Å². The number of H-pyrrole nitrogens is 1. The van der Waals surface area contributed by atoms with Gasteiger partial charge in [0.15, 0.2) is 0 Å². The maximum atomic E-state index is 12.5. The molecular formula is C23H23N3O4S. The van der Waals surface area contributed by atoms with E-state index in [4.69, 9.17) is 14.2 Å². The van der Waals surface area contributed by atoms with E-state index in [2.05, 4.69) is 15.0 Å². The number of hydrogen-bond acceptors (Lipinski definition) is 7. The number of nitrogens with one attached hydrogen (secondary N) is 1. The Kier molecular flexibility index (Phi) is 7.03. The molecule has 1 N–H and O–H groups in total. The zero-order valence-electron chi connectivity index (χ0n) is 17.2. The quantitative estimate of drug-likeness (QED) is 0.375. The van der Waals surface area contributed by atoms with E-state index in [-0.39, 0.29) is 5.56 Å². The van der Waals surface area contributed by atoms with Gasteiger partial charge in [0.25, 0.3) is 5.56 Å². The summed E-state index contributed by atoms with van der Waals surface area (Å²) in [5.41, 5.74) is 2.74. The van der Waals surface area contributed by atoms with Crippen molar-refractivity contribution in [3.05, 3.63) is 64.4 Å². The van der Waals surface area contributed by atoms with Crippen LogP contribution in [0.25, 0.3) is 32.7 Å². The molecule has 31 heavy (non-hydrogen) atoms. The van der Waals surface area contributed by atoms with Crippen LogP contribution in [0.2, 0.25) is 0 Å². The Balaban J connectivity index is 1.44. The number of rotatable bonds is 10. The molecule has 0 aliphatic heterocycles. The van der Waals surface area contributed by atoms with Crippen molar-refractivity contribution in [1.82, 2.24) is 15.0 Å². The summed E-state index contributed by atoms with van der Waals surface area (Å²) in [5, 5.41) is 3.65. The van der Waals surface area contributed by atoms with Gasteiger partial charge in [-0.25, -0.2) is 9.97 Å². The number of aromatic nitrogens is 3. The average Bonchev–Trinajstić information content (AvgIpc) is 3.28. The Morgan fingerprint density at radius 1 is 1.03 bits per heavy atom. The molecule has 0 aliphatic rings. The molecule has 8 heteroatoms. The van der Waals surface area contributed by atoms with Gasteiger partial charge in [0.05, 0.1) is 31.1 Å². The maximum absolute atomic E-state index is 12.5. The molecule has 3 heterocycles. The van der Waals surface area contributed by atoms with E-state index < -0.39 is 0 Å². The van der Waals surface area contributed by atoms with Crippen LogP contribution in [0.15, 0.2) is 58.8 Å². The van der Waals surface area contributed by atoms with Gasteiger partial charge < -0.3 is 19.2 Å². The molecule has 0 spiro atoms. The van der Waals surface area contributed by atoms with E-state index in [1.54, 1.807) is 6.20 Å². The number of para-hydroxylation sites is 1. The normalized spacial score (nSPS) is 11.1. The number of fused-ring (bicyclic) bond motifs is 1. The van der Waals surface area contributed by atoms with Gasteiger partial charge in [0.1, 0.15) is 11.6 Å². The molecule has 160 valence electrons. The molecular weight excluding hydrogens is 414 g/mol. The van der Waals surface area contributed by atoms with E-state index in [0.717, 1.165) is 21.5 Å². The molecule has 7 nitrogen and oxygen atoms in total.